The van der Waals surface area contributed by atoms with Crippen molar-refractivity contribution < 1.29 is 14.3 Å². The molecule has 1 aliphatic heterocycles. The molecule has 1 aromatic rings. The molecule has 1 aromatic heterocycles. The van der Waals surface area contributed by atoms with Crippen molar-refractivity contribution in [1.29, 1.82) is 0 Å². The van der Waals surface area contributed by atoms with Crippen molar-refractivity contribution in [2.45, 2.75) is 52.7 Å². The van der Waals surface area contributed by atoms with Crippen LogP contribution in [0.5, 0.6) is 0 Å². The number of piperidine rings is 1. The lowest BCUT2D eigenvalue weighted by molar-refractivity contribution is 0.0603. The Hall–Kier alpha value is -3.02. The van der Waals surface area contributed by atoms with Crippen molar-refractivity contribution in [2.24, 2.45) is 10.7 Å². The average molecular weight is 388 g/mol. The first-order chi connectivity index (χ1) is 13.2. The average Bonchev–Trinajstić information content (AvgIpc) is 2.97. The van der Waals surface area contributed by atoms with Crippen molar-refractivity contribution in [1.82, 2.24) is 9.55 Å². The van der Waals surface area contributed by atoms with Gasteiger partial charge in [-0.3, -0.25) is 9.36 Å². The predicted molar refractivity (Wildman–Crippen MR) is 109 cm³/mol. The third-order valence-corrected chi connectivity index (χ3v) is 4.02. The van der Waals surface area contributed by atoms with Crippen molar-refractivity contribution in [3.8, 4) is 11.8 Å². The van der Waals surface area contributed by atoms with Crippen LogP contribution < -0.4 is 16.0 Å². The van der Waals surface area contributed by atoms with Crippen LogP contribution in [0.25, 0.3) is 0 Å². The maximum Gasteiger partial charge on any atom is 0.434 e. The first kappa shape index (κ1) is 21.3. The molecule has 9 heteroatoms. The molecule has 152 valence electrons. The third-order valence-electron chi connectivity index (χ3n) is 4.02. The van der Waals surface area contributed by atoms with Gasteiger partial charge in [0.05, 0.1) is 13.1 Å². The summed E-state index contributed by atoms with van der Waals surface area (Å²) in [5, 5.41) is 2.91. The lowest BCUT2D eigenvalue weighted by atomic mass is 10.1. The summed E-state index contributed by atoms with van der Waals surface area (Å²) >= 11 is 0. The van der Waals surface area contributed by atoms with E-state index in [0.717, 1.165) is 6.42 Å². The van der Waals surface area contributed by atoms with Gasteiger partial charge in [0.25, 0.3) is 5.91 Å². The zero-order chi connectivity index (χ0) is 20.9. The van der Waals surface area contributed by atoms with Gasteiger partial charge in [-0.15, -0.1) is 5.92 Å². The number of primary amides is 1. The zero-order valence-corrected chi connectivity index (χ0v) is 17.1. The molecule has 1 saturated heterocycles. The standard InChI is InChI=1S/C19H28N6O3/c1-6-7-11-25-14(15(20)26)16(21-5)23-17(25)24-10-8-9-13(12-24)22-18(27)28-19(2,3)4/h21H,8-12H2,1-5H3,(H2,20,26)/b22-13+. The van der Waals surface area contributed by atoms with Gasteiger partial charge in [-0.25, -0.2) is 4.79 Å². The number of carbonyl (C=O) groups is 2. The third kappa shape index (κ3) is 5.25. The summed E-state index contributed by atoms with van der Waals surface area (Å²) in [6.07, 6.45) is 0.903. The normalized spacial score (nSPS) is 15.8. The number of imidazole rings is 1. The monoisotopic (exact) mass is 388 g/mol. The Morgan fingerprint density at radius 1 is 1.39 bits per heavy atom. The highest BCUT2D eigenvalue weighted by Crippen LogP contribution is 2.25. The van der Waals surface area contributed by atoms with E-state index in [4.69, 9.17) is 10.5 Å². The van der Waals surface area contributed by atoms with Gasteiger partial charge in [0.1, 0.15) is 5.60 Å². The number of nitrogens with two attached hydrogens (primary N) is 1. The topological polar surface area (TPSA) is 115 Å². The highest BCUT2D eigenvalue weighted by atomic mass is 16.6. The number of carbonyl (C=O) groups excluding carboxylic acids is 2. The summed E-state index contributed by atoms with van der Waals surface area (Å²) in [6, 6.07) is 0. The fraction of sp³-hybridized carbons (Fsp3) is 0.579. The van der Waals surface area contributed by atoms with E-state index in [0.29, 0.717) is 37.0 Å². The minimum Gasteiger partial charge on any atom is -0.442 e. The van der Waals surface area contributed by atoms with Crippen LogP contribution in [0.1, 0.15) is 51.0 Å². The molecule has 1 aliphatic rings. The molecule has 0 radical (unpaired) electrons. The van der Waals surface area contributed by atoms with Crippen molar-refractivity contribution in [3.63, 3.8) is 0 Å². The van der Waals surface area contributed by atoms with Gasteiger partial charge in [-0.05, 0) is 40.5 Å². The summed E-state index contributed by atoms with van der Waals surface area (Å²) in [6.45, 7) is 8.54. The quantitative estimate of drug-likeness (QED) is 0.763. The number of hydrogen-bond donors (Lipinski definition) is 2. The Morgan fingerprint density at radius 3 is 2.68 bits per heavy atom. The fourth-order valence-electron chi connectivity index (χ4n) is 2.94. The van der Waals surface area contributed by atoms with Crippen LogP contribution in [0, 0.1) is 11.8 Å². The van der Waals surface area contributed by atoms with E-state index in [2.05, 4.69) is 27.1 Å². The molecule has 2 amide bonds. The van der Waals surface area contributed by atoms with Gasteiger partial charge in [-0.1, -0.05) is 5.92 Å². The molecule has 0 saturated carbocycles. The minimum absolute atomic E-state index is 0.274. The number of hydrogen-bond acceptors (Lipinski definition) is 6. The molecule has 28 heavy (non-hydrogen) atoms. The summed E-state index contributed by atoms with van der Waals surface area (Å²) in [5.74, 6) is 6.16. The van der Waals surface area contributed by atoms with Gasteiger partial charge in [0.2, 0.25) is 5.95 Å². The molecule has 0 bridgehead atoms. The fourth-order valence-corrected chi connectivity index (χ4v) is 2.94. The number of ether oxygens (including phenoxy) is 1. The maximum absolute atomic E-state index is 12.0. The maximum atomic E-state index is 12.0. The molecule has 3 N–H and O–H groups in total. The van der Waals surface area contributed by atoms with E-state index >= 15 is 0 Å². The molecular formula is C19H28N6O3. The first-order valence-electron chi connectivity index (χ1n) is 9.18. The molecule has 0 spiro atoms. The summed E-state index contributed by atoms with van der Waals surface area (Å²) in [4.78, 5) is 34.6. The minimum atomic E-state index is -0.599. The molecule has 0 aliphatic carbocycles. The zero-order valence-electron chi connectivity index (χ0n) is 17.1. The molecular weight excluding hydrogens is 360 g/mol. The van der Waals surface area contributed by atoms with Gasteiger partial charge < -0.3 is 20.7 Å². The molecule has 2 heterocycles. The van der Waals surface area contributed by atoms with Crippen LogP contribution in [0.15, 0.2) is 4.99 Å². The van der Waals surface area contributed by atoms with Crippen molar-refractivity contribution in [2.75, 3.05) is 30.4 Å². The van der Waals surface area contributed by atoms with Crippen LogP contribution in [-0.2, 0) is 11.3 Å². The molecule has 0 aromatic carbocycles. The van der Waals surface area contributed by atoms with Crippen LogP contribution in [-0.4, -0.2) is 53.0 Å². The second-order valence-corrected chi connectivity index (χ2v) is 7.42. The molecule has 0 unspecified atom stereocenters. The highest BCUT2D eigenvalue weighted by molar-refractivity contribution is 5.98. The predicted octanol–water partition coefficient (Wildman–Crippen LogP) is 2.02. The van der Waals surface area contributed by atoms with Crippen LogP contribution in [0.2, 0.25) is 0 Å². The molecule has 2 rings (SSSR count). The Balaban J connectivity index is 2.34. The van der Waals surface area contributed by atoms with Crippen molar-refractivity contribution >= 4 is 29.5 Å². The van der Waals surface area contributed by atoms with Gasteiger partial charge in [-0.2, -0.15) is 9.98 Å². The largest absolute Gasteiger partial charge is 0.442 e. The molecule has 1 fully saturated rings. The highest BCUT2D eigenvalue weighted by Gasteiger charge is 2.27. The van der Waals surface area contributed by atoms with Gasteiger partial charge >= 0.3 is 6.09 Å². The second kappa shape index (κ2) is 8.78. The van der Waals surface area contributed by atoms with Crippen LogP contribution >= 0.6 is 0 Å². The summed E-state index contributed by atoms with van der Waals surface area (Å²) in [5.41, 5.74) is 5.96. The number of anilines is 2. The Bertz CT molecular complexity index is 838. The lowest BCUT2D eigenvalue weighted by Gasteiger charge is -2.29. The number of aliphatic imine (C=N–C) groups is 1. The van der Waals surface area contributed by atoms with E-state index in [9.17, 15) is 9.59 Å². The van der Waals surface area contributed by atoms with Crippen molar-refractivity contribution in [3.05, 3.63) is 5.69 Å². The van der Waals surface area contributed by atoms with E-state index in [1.165, 1.54) is 0 Å². The molecule has 9 nitrogen and oxygen atoms in total. The Labute approximate surface area is 165 Å². The number of amides is 2. The van der Waals surface area contributed by atoms with Crippen LogP contribution in [0.3, 0.4) is 0 Å². The number of rotatable bonds is 4. The summed E-state index contributed by atoms with van der Waals surface area (Å²) in [7, 11) is 1.68. The first-order valence-corrected chi connectivity index (χ1v) is 9.18. The lowest BCUT2D eigenvalue weighted by Crippen LogP contribution is -2.38. The smallest absolute Gasteiger partial charge is 0.434 e. The number of nitrogens with zero attached hydrogens (tertiary/aromatic N) is 4. The van der Waals surface area contributed by atoms with Gasteiger partial charge in [0.15, 0.2) is 11.5 Å². The molecule has 0 atom stereocenters. The SMILES string of the molecule is CC#CCn1c(N2CCC/C(=N\C(=O)OC(C)(C)C)C2)nc(NC)c1C(N)=O. The summed E-state index contributed by atoms with van der Waals surface area (Å²) < 4.78 is 6.97. The van der Waals surface area contributed by atoms with Gasteiger partial charge in [0, 0.05) is 19.3 Å². The van der Waals surface area contributed by atoms with E-state index in [1.54, 1.807) is 39.3 Å². The second-order valence-electron chi connectivity index (χ2n) is 7.42. The van der Waals surface area contributed by atoms with E-state index in [1.807, 2.05) is 4.90 Å². The Kier molecular flexibility index (Phi) is 6.67. The van der Waals surface area contributed by atoms with E-state index < -0.39 is 17.6 Å². The van der Waals surface area contributed by atoms with Crippen LogP contribution in [0.4, 0.5) is 16.6 Å². The van der Waals surface area contributed by atoms with E-state index in [-0.39, 0.29) is 12.2 Å². The number of aromatic nitrogens is 2. The number of nitrogens with one attached hydrogen (secondary N) is 1. The Morgan fingerprint density at radius 2 is 2.11 bits per heavy atom.